The Bertz CT molecular complexity index is 581. The van der Waals surface area contributed by atoms with Crippen molar-refractivity contribution in [3.05, 3.63) is 71.8 Å². The summed E-state index contributed by atoms with van der Waals surface area (Å²) in [6.07, 6.45) is 2.82. The smallest absolute Gasteiger partial charge is 0.223 e. The van der Waals surface area contributed by atoms with Crippen LogP contribution < -0.4 is 10.6 Å². The minimum atomic E-state index is 0.179. The first-order valence-corrected chi connectivity index (χ1v) is 8.93. The highest BCUT2D eigenvalue weighted by Gasteiger charge is 2.21. The first-order valence-electron chi connectivity index (χ1n) is 8.93. The summed E-state index contributed by atoms with van der Waals surface area (Å²) in [5, 5.41) is 6.46. The van der Waals surface area contributed by atoms with Gasteiger partial charge in [-0.15, -0.1) is 0 Å². The summed E-state index contributed by atoms with van der Waals surface area (Å²) >= 11 is 0. The van der Waals surface area contributed by atoms with Gasteiger partial charge in [0.25, 0.3) is 0 Å². The number of carbonyl (C=O) groups excluding carboxylic acids is 1. The van der Waals surface area contributed by atoms with Crippen LogP contribution in [0.1, 0.15) is 36.3 Å². The van der Waals surface area contributed by atoms with Crippen LogP contribution in [0.2, 0.25) is 0 Å². The average Bonchev–Trinajstić information content (AvgIpc) is 2.67. The van der Waals surface area contributed by atoms with E-state index in [9.17, 15) is 4.79 Å². The maximum absolute atomic E-state index is 12.3. The summed E-state index contributed by atoms with van der Waals surface area (Å²) in [6.45, 7) is 2.63. The maximum atomic E-state index is 12.3. The Hall–Kier alpha value is -2.13. The molecule has 0 spiro atoms. The third-order valence-electron chi connectivity index (χ3n) is 4.85. The van der Waals surface area contributed by atoms with Crippen LogP contribution in [0.4, 0.5) is 0 Å². The Kier molecular flexibility index (Phi) is 6.02. The van der Waals surface area contributed by atoms with Crippen molar-refractivity contribution < 1.29 is 4.79 Å². The first-order chi connectivity index (χ1) is 11.8. The predicted molar refractivity (Wildman–Crippen MR) is 97.9 cm³/mol. The molecule has 2 aromatic rings. The fraction of sp³-hybridized carbons (Fsp3) is 0.381. The van der Waals surface area contributed by atoms with Crippen LogP contribution in [0.25, 0.3) is 0 Å². The van der Waals surface area contributed by atoms with Crippen molar-refractivity contribution in [3.8, 4) is 0 Å². The van der Waals surface area contributed by atoms with E-state index in [1.807, 2.05) is 12.1 Å². The standard InChI is InChI=1S/C21H26N2O/c24-21(19-11-14-22-15-12-19)23-16-13-20(17-7-3-1-4-8-17)18-9-5-2-6-10-18/h1-10,19-20,22H,11-16H2,(H,23,24). The summed E-state index contributed by atoms with van der Waals surface area (Å²) in [5.41, 5.74) is 2.61. The molecule has 0 radical (unpaired) electrons. The summed E-state index contributed by atoms with van der Waals surface area (Å²) in [5.74, 6) is 0.718. The summed E-state index contributed by atoms with van der Waals surface area (Å²) in [7, 11) is 0. The lowest BCUT2D eigenvalue weighted by molar-refractivity contribution is -0.125. The molecule has 126 valence electrons. The van der Waals surface area contributed by atoms with Gasteiger partial charge < -0.3 is 10.6 Å². The van der Waals surface area contributed by atoms with E-state index in [4.69, 9.17) is 0 Å². The molecule has 1 saturated heterocycles. The number of hydrogen-bond acceptors (Lipinski definition) is 2. The summed E-state index contributed by atoms with van der Waals surface area (Å²) in [4.78, 5) is 12.3. The van der Waals surface area contributed by atoms with E-state index >= 15 is 0 Å². The molecule has 3 heteroatoms. The molecule has 0 aromatic heterocycles. The fourth-order valence-electron chi connectivity index (χ4n) is 3.46. The first kappa shape index (κ1) is 16.7. The highest BCUT2D eigenvalue weighted by atomic mass is 16.1. The molecular formula is C21H26N2O. The Morgan fingerprint density at radius 2 is 1.50 bits per heavy atom. The van der Waals surface area contributed by atoms with Gasteiger partial charge in [0.1, 0.15) is 0 Å². The Morgan fingerprint density at radius 3 is 2.04 bits per heavy atom. The molecule has 0 unspecified atom stereocenters. The monoisotopic (exact) mass is 322 g/mol. The molecule has 3 nitrogen and oxygen atoms in total. The summed E-state index contributed by atoms with van der Waals surface area (Å²) in [6, 6.07) is 21.1. The molecule has 1 aliphatic rings. The number of benzene rings is 2. The zero-order valence-corrected chi connectivity index (χ0v) is 14.1. The van der Waals surface area contributed by atoms with Gasteiger partial charge in [-0.3, -0.25) is 4.79 Å². The largest absolute Gasteiger partial charge is 0.356 e. The van der Waals surface area contributed by atoms with Gasteiger partial charge in [0.05, 0.1) is 0 Å². The van der Waals surface area contributed by atoms with Crippen LogP contribution >= 0.6 is 0 Å². The van der Waals surface area contributed by atoms with Crippen LogP contribution in [-0.4, -0.2) is 25.5 Å². The van der Waals surface area contributed by atoms with Crippen molar-refractivity contribution in [1.29, 1.82) is 0 Å². The second-order valence-corrected chi connectivity index (χ2v) is 6.48. The molecule has 0 aliphatic carbocycles. The Morgan fingerprint density at radius 1 is 0.958 bits per heavy atom. The zero-order valence-electron chi connectivity index (χ0n) is 14.1. The van der Waals surface area contributed by atoms with Gasteiger partial charge in [0, 0.05) is 18.4 Å². The molecule has 2 N–H and O–H groups in total. The molecule has 0 saturated carbocycles. The number of rotatable bonds is 6. The van der Waals surface area contributed by atoms with Crippen molar-refractivity contribution in [3.63, 3.8) is 0 Å². The Balaban J connectivity index is 1.61. The second-order valence-electron chi connectivity index (χ2n) is 6.48. The second kappa shape index (κ2) is 8.65. The van der Waals surface area contributed by atoms with Crippen molar-refractivity contribution >= 4 is 5.91 Å². The number of nitrogens with one attached hydrogen (secondary N) is 2. The van der Waals surface area contributed by atoms with Gasteiger partial charge in [0.2, 0.25) is 5.91 Å². The quantitative estimate of drug-likeness (QED) is 0.856. The highest BCUT2D eigenvalue weighted by Crippen LogP contribution is 2.27. The molecule has 2 aromatic carbocycles. The van der Waals surface area contributed by atoms with Gasteiger partial charge in [-0.1, -0.05) is 60.7 Å². The van der Waals surface area contributed by atoms with Crippen LogP contribution in [0.3, 0.4) is 0 Å². The number of carbonyl (C=O) groups is 1. The molecule has 1 fully saturated rings. The number of piperidine rings is 1. The van der Waals surface area contributed by atoms with Gasteiger partial charge in [-0.05, 0) is 43.5 Å². The highest BCUT2D eigenvalue weighted by molar-refractivity contribution is 5.78. The zero-order chi connectivity index (χ0) is 16.6. The van der Waals surface area contributed by atoms with E-state index in [-0.39, 0.29) is 11.8 Å². The van der Waals surface area contributed by atoms with Crippen molar-refractivity contribution in [2.75, 3.05) is 19.6 Å². The SMILES string of the molecule is O=C(NCCC(c1ccccc1)c1ccccc1)C1CCNCC1. The molecule has 3 rings (SSSR count). The molecule has 1 aliphatic heterocycles. The van der Waals surface area contributed by atoms with E-state index in [0.717, 1.165) is 38.9 Å². The average molecular weight is 322 g/mol. The predicted octanol–water partition coefficient (Wildman–Crippen LogP) is 3.32. The molecule has 24 heavy (non-hydrogen) atoms. The summed E-state index contributed by atoms with van der Waals surface area (Å²) < 4.78 is 0. The van der Waals surface area contributed by atoms with Crippen LogP contribution in [0, 0.1) is 5.92 Å². The van der Waals surface area contributed by atoms with E-state index in [2.05, 4.69) is 59.2 Å². The lowest BCUT2D eigenvalue weighted by atomic mass is 9.88. The van der Waals surface area contributed by atoms with Crippen LogP contribution in [0.5, 0.6) is 0 Å². The fourth-order valence-corrected chi connectivity index (χ4v) is 3.46. The van der Waals surface area contributed by atoms with Crippen molar-refractivity contribution in [2.24, 2.45) is 5.92 Å². The maximum Gasteiger partial charge on any atom is 0.223 e. The van der Waals surface area contributed by atoms with Crippen molar-refractivity contribution in [1.82, 2.24) is 10.6 Å². The van der Waals surface area contributed by atoms with E-state index < -0.39 is 0 Å². The third kappa shape index (κ3) is 4.45. The Labute approximate surface area is 144 Å². The minimum absolute atomic E-state index is 0.179. The van der Waals surface area contributed by atoms with Gasteiger partial charge in [-0.2, -0.15) is 0 Å². The van der Waals surface area contributed by atoms with Gasteiger partial charge >= 0.3 is 0 Å². The van der Waals surface area contributed by atoms with Crippen LogP contribution in [0.15, 0.2) is 60.7 Å². The third-order valence-corrected chi connectivity index (χ3v) is 4.85. The van der Waals surface area contributed by atoms with E-state index in [1.54, 1.807) is 0 Å². The topological polar surface area (TPSA) is 41.1 Å². The van der Waals surface area contributed by atoms with E-state index in [0.29, 0.717) is 5.92 Å². The lowest BCUT2D eigenvalue weighted by Gasteiger charge is -2.23. The van der Waals surface area contributed by atoms with Crippen LogP contribution in [-0.2, 0) is 4.79 Å². The molecule has 0 atom stereocenters. The van der Waals surface area contributed by atoms with Crippen molar-refractivity contribution in [2.45, 2.75) is 25.2 Å². The van der Waals surface area contributed by atoms with E-state index in [1.165, 1.54) is 11.1 Å². The minimum Gasteiger partial charge on any atom is -0.356 e. The molecule has 1 amide bonds. The molecular weight excluding hydrogens is 296 g/mol. The molecule has 0 bridgehead atoms. The lowest BCUT2D eigenvalue weighted by Crippen LogP contribution is -2.38. The number of amides is 1. The van der Waals surface area contributed by atoms with Gasteiger partial charge in [0.15, 0.2) is 0 Å². The number of hydrogen-bond donors (Lipinski definition) is 2. The molecule has 1 heterocycles. The normalized spacial score (nSPS) is 15.4. The van der Waals surface area contributed by atoms with Gasteiger partial charge in [-0.25, -0.2) is 0 Å².